The molecule has 104 valence electrons. The lowest BCUT2D eigenvalue weighted by Crippen LogP contribution is -2.29. The first kappa shape index (κ1) is 16.8. The Balaban J connectivity index is 3.46. The summed E-state index contributed by atoms with van der Waals surface area (Å²) >= 11 is 0. The van der Waals surface area contributed by atoms with Gasteiger partial charge in [0.2, 0.25) is 10.0 Å². The highest BCUT2D eigenvalue weighted by atomic mass is 32.2. The molecule has 0 radical (unpaired) electrons. The van der Waals surface area contributed by atoms with E-state index >= 15 is 0 Å². The third-order valence-corrected chi connectivity index (χ3v) is 3.70. The van der Waals surface area contributed by atoms with E-state index < -0.39 is 10.0 Å². The number of rotatable bonds is 11. The van der Waals surface area contributed by atoms with E-state index in [0.717, 1.165) is 6.42 Å². The molecule has 0 aliphatic carbocycles. The largest absolute Gasteiger partial charge is 0.396 e. The molecule has 0 saturated heterocycles. The van der Waals surface area contributed by atoms with Crippen molar-refractivity contribution in [3.8, 4) is 0 Å². The number of hydrogen-bond acceptors (Lipinski definition) is 4. The summed E-state index contributed by atoms with van der Waals surface area (Å²) in [6.07, 6.45) is 2.00. The topological polar surface area (TPSA) is 75.6 Å². The maximum absolute atomic E-state index is 11.4. The fourth-order valence-corrected chi connectivity index (χ4v) is 2.29. The molecule has 0 aliphatic rings. The number of hydrogen-bond donors (Lipinski definition) is 2. The van der Waals surface area contributed by atoms with Gasteiger partial charge in [0.05, 0.1) is 12.4 Å². The van der Waals surface area contributed by atoms with Gasteiger partial charge in [0.1, 0.15) is 0 Å². The van der Waals surface area contributed by atoms with Crippen LogP contribution in [0.2, 0.25) is 0 Å². The van der Waals surface area contributed by atoms with E-state index in [0.29, 0.717) is 38.5 Å². The lowest BCUT2D eigenvalue weighted by molar-refractivity contribution is 0.128. The normalized spacial score (nSPS) is 12.2. The molecule has 0 bridgehead atoms. The Morgan fingerprint density at radius 3 is 2.53 bits per heavy atom. The molecular formula is C11H25NO4S. The van der Waals surface area contributed by atoms with Crippen molar-refractivity contribution < 1.29 is 18.3 Å². The Morgan fingerprint density at radius 2 is 1.94 bits per heavy atom. The van der Waals surface area contributed by atoms with Crippen LogP contribution >= 0.6 is 0 Å². The zero-order valence-electron chi connectivity index (χ0n) is 10.8. The molecule has 0 rings (SSSR count). The molecule has 0 aromatic rings. The fourth-order valence-electron chi connectivity index (χ4n) is 1.17. The number of unbranched alkanes of at least 4 members (excludes halogenated alkanes) is 1. The predicted molar refractivity (Wildman–Crippen MR) is 68.4 cm³/mol. The average Bonchev–Trinajstić information content (AvgIpc) is 2.23. The van der Waals surface area contributed by atoms with E-state index in [1.807, 2.05) is 0 Å². The van der Waals surface area contributed by atoms with Crippen LogP contribution in [0.4, 0.5) is 0 Å². The van der Waals surface area contributed by atoms with E-state index in [2.05, 4.69) is 18.6 Å². The molecule has 0 saturated carbocycles. The van der Waals surface area contributed by atoms with Gasteiger partial charge in [-0.1, -0.05) is 13.8 Å². The monoisotopic (exact) mass is 267 g/mol. The molecule has 6 heteroatoms. The van der Waals surface area contributed by atoms with Crippen molar-refractivity contribution in [2.24, 2.45) is 5.92 Å². The van der Waals surface area contributed by atoms with Gasteiger partial charge in [-0.05, 0) is 25.2 Å². The van der Waals surface area contributed by atoms with Gasteiger partial charge in [-0.25, -0.2) is 13.1 Å². The van der Waals surface area contributed by atoms with Gasteiger partial charge >= 0.3 is 0 Å². The SMILES string of the molecule is CC(C)CCOCCNS(=O)(=O)CCCCO. The molecule has 0 spiro atoms. The quantitative estimate of drug-likeness (QED) is 0.541. The third-order valence-electron chi connectivity index (χ3n) is 2.23. The number of aliphatic hydroxyl groups excluding tert-OH is 1. The van der Waals surface area contributed by atoms with Crippen LogP contribution in [0.25, 0.3) is 0 Å². The van der Waals surface area contributed by atoms with Gasteiger partial charge in [-0.3, -0.25) is 0 Å². The zero-order chi connectivity index (χ0) is 13.1. The summed E-state index contributed by atoms with van der Waals surface area (Å²) in [5.74, 6) is 0.671. The van der Waals surface area contributed by atoms with Crippen LogP contribution in [0, 0.1) is 5.92 Å². The van der Waals surface area contributed by atoms with Crippen molar-refractivity contribution in [1.82, 2.24) is 4.72 Å². The van der Waals surface area contributed by atoms with Crippen LogP contribution in [0.1, 0.15) is 33.1 Å². The van der Waals surface area contributed by atoms with Crippen LogP contribution in [0.3, 0.4) is 0 Å². The summed E-state index contributed by atoms with van der Waals surface area (Å²) < 4.78 is 30.6. The van der Waals surface area contributed by atoms with Crippen molar-refractivity contribution in [3.63, 3.8) is 0 Å². The molecule has 0 aromatic carbocycles. The third kappa shape index (κ3) is 12.1. The highest BCUT2D eigenvalue weighted by Crippen LogP contribution is 1.98. The van der Waals surface area contributed by atoms with E-state index in [9.17, 15) is 8.42 Å². The lowest BCUT2D eigenvalue weighted by Gasteiger charge is -2.08. The minimum Gasteiger partial charge on any atom is -0.396 e. The van der Waals surface area contributed by atoms with Gasteiger partial charge in [0.25, 0.3) is 0 Å². The first-order valence-electron chi connectivity index (χ1n) is 6.14. The minimum atomic E-state index is -3.20. The number of ether oxygens (including phenoxy) is 1. The zero-order valence-corrected chi connectivity index (χ0v) is 11.6. The highest BCUT2D eigenvalue weighted by molar-refractivity contribution is 7.89. The summed E-state index contributed by atoms with van der Waals surface area (Å²) in [6, 6.07) is 0. The first-order valence-corrected chi connectivity index (χ1v) is 7.79. The highest BCUT2D eigenvalue weighted by Gasteiger charge is 2.08. The molecule has 0 atom stereocenters. The minimum absolute atomic E-state index is 0.0355. The maximum Gasteiger partial charge on any atom is 0.211 e. The molecule has 2 N–H and O–H groups in total. The molecule has 5 nitrogen and oxygen atoms in total. The second-order valence-electron chi connectivity index (χ2n) is 4.44. The second kappa shape index (κ2) is 9.82. The van der Waals surface area contributed by atoms with Gasteiger partial charge in [-0.15, -0.1) is 0 Å². The predicted octanol–water partition coefficient (Wildman–Crippen LogP) is 0.741. The Hall–Kier alpha value is -0.170. The second-order valence-corrected chi connectivity index (χ2v) is 6.37. The van der Waals surface area contributed by atoms with Crippen LogP contribution in [0.5, 0.6) is 0 Å². The molecule has 0 heterocycles. The van der Waals surface area contributed by atoms with Crippen LogP contribution < -0.4 is 4.72 Å². The van der Waals surface area contributed by atoms with Crippen molar-refractivity contribution in [2.45, 2.75) is 33.1 Å². The Kier molecular flexibility index (Phi) is 9.72. The molecule has 0 aliphatic heterocycles. The van der Waals surface area contributed by atoms with E-state index in [1.54, 1.807) is 0 Å². The van der Waals surface area contributed by atoms with E-state index in [1.165, 1.54) is 0 Å². The lowest BCUT2D eigenvalue weighted by atomic mass is 10.1. The Labute approximate surface area is 105 Å². The summed E-state index contributed by atoms with van der Waals surface area (Å²) in [4.78, 5) is 0. The van der Waals surface area contributed by atoms with Gasteiger partial charge in [0, 0.05) is 19.8 Å². The van der Waals surface area contributed by atoms with Crippen molar-refractivity contribution in [3.05, 3.63) is 0 Å². The summed E-state index contributed by atoms with van der Waals surface area (Å²) in [5, 5.41) is 8.55. The molecule has 0 unspecified atom stereocenters. The van der Waals surface area contributed by atoms with Crippen LogP contribution in [-0.4, -0.2) is 45.6 Å². The number of sulfonamides is 1. The molecule has 0 amide bonds. The van der Waals surface area contributed by atoms with Crippen molar-refractivity contribution in [1.29, 1.82) is 0 Å². The van der Waals surface area contributed by atoms with Gasteiger partial charge in [0.15, 0.2) is 0 Å². The Morgan fingerprint density at radius 1 is 1.24 bits per heavy atom. The fraction of sp³-hybridized carbons (Fsp3) is 1.00. The Bertz CT molecular complexity index is 265. The van der Waals surface area contributed by atoms with Crippen LogP contribution in [-0.2, 0) is 14.8 Å². The molecular weight excluding hydrogens is 242 g/mol. The maximum atomic E-state index is 11.4. The van der Waals surface area contributed by atoms with E-state index in [-0.39, 0.29) is 12.4 Å². The van der Waals surface area contributed by atoms with Crippen molar-refractivity contribution in [2.75, 3.05) is 32.1 Å². The average molecular weight is 267 g/mol. The van der Waals surface area contributed by atoms with Crippen LogP contribution in [0.15, 0.2) is 0 Å². The standard InChI is InChI=1S/C11H25NO4S/c1-11(2)5-8-16-9-6-12-17(14,15)10-4-3-7-13/h11-13H,3-10H2,1-2H3. The smallest absolute Gasteiger partial charge is 0.211 e. The molecule has 0 fully saturated rings. The molecule has 17 heavy (non-hydrogen) atoms. The number of aliphatic hydroxyl groups is 1. The molecule has 0 aromatic heterocycles. The van der Waals surface area contributed by atoms with E-state index in [4.69, 9.17) is 9.84 Å². The summed E-state index contributed by atoms with van der Waals surface area (Å²) in [7, 11) is -3.20. The number of nitrogens with one attached hydrogen (secondary N) is 1. The summed E-state index contributed by atoms with van der Waals surface area (Å²) in [5.41, 5.74) is 0. The summed E-state index contributed by atoms with van der Waals surface area (Å²) in [6.45, 7) is 5.67. The first-order chi connectivity index (χ1) is 7.98. The van der Waals surface area contributed by atoms with Gasteiger partial charge < -0.3 is 9.84 Å². The van der Waals surface area contributed by atoms with Gasteiger partial charge in [-0.2, -0.15) is 0 Å². The van der Waals surface area contributed by atoms with Crippen molar-refractivity contribution >= 4 is 10.0 Å².